The second kappa shape index (κ2) is 16.3. The van der Waals surface area contributed by atoms with Gasteiger partial charge in [-0.1, -0.05) is 69.2 Å². The van der Waals surface area contributed by atoms with Crippen LogP contribution in [0.2, 0.25) is 0 Å². The topological polar surface area (TPSA) is 94.9 Å². The predicted octanol–water partition coefficient (Wildman–Crippen LogP) is 7.59. The molecule has 8 nitrogen and oxygen atoms in total. The Kier molecular flexibility index (Phi) is 14.9. The lowest BCUT2D eigenvalue weighted by Crippen LogP contribution is -2.23. The molecule has 0 saturated carbocycles. The van der Waals surface area contributed by atoms with Crippen LogP contribution in [-0.4, -0.2) is 35.3 Å². The number of nitrogens with one attached hydrogen (secondary N) is 1. The fourth-order valence-corrected chi connectivity index (χ4v) is 5.14. The summed E-state index contributed by atoms with van der Waals surface area (Å²) in [4.78, 5) is 13.9. The summed E-state index contributed by atoms with van der Waals surface area (Å²) in [6, 6.07) is 1.65. The maximum Gasteiger partial charge on any atom is 0.399 e. The molecule has 2 N–H and O–H groups in total. The normalized spacial score (nSPS) is 19.8. The van der Waals surface area contributed by atoms with Crippen molar-refractivity contribution in [3.05, 3.63) is 55.5 Å². The number of benzene rings is 1. The van der Waals surface area contributed by atoms with Gasteiger partial charge in [0.1, 0.15) is 25.6 Å². The molecule has 230 valence electrons. The summed E-state index contributed by atoms with van der Waals surface area (Å²) in [5.41, 5.74) is 1.94. The molecular formula is C29H47BFN2O6PS. The third kappa shape index (κ3) is 9.97. The highest BCUT2D eigenvalue weighted by molar-refractivity contribution is 7.71. The second-order valence-electron chi connectivity index (χ2n) is 11.1. The van der Waals surface area contributed by atoms with Crippen LogP contribution in [0, 0.1) is 17.5 Å². The van der Waals surface area contributed by atoms with Crippen LogP contribution in [0.3, 0.4) is 0 Å². The SMILES string of the molecule is CC.CC.CC(C)(C)c1cc(C(C)(C)C)c2c(c1F)COP(OCO)O2.[B][C@@H]1CCC(n2cc(C)c(=O)[nH]c2=S)O1. The first-order valence-corrected chi connectivity index (χ1v) is 15.6. The molecule has 0 spiro atoms. The Balaban J connectivity index is 0.000000385. The predicted molar refractivity (Wildman–Crippen MR) is 167 cm³/mol. The van der Waals surface area contributed by atoms with Gasteiger partial charge in [0.25, 0.3) is 5.56 Å². The number of aromatic amines is 1. The van der Waals surface area contributed by atoms with Crippen molar-refractivity contribution >= 4 is 28.7 Å². The van der Waals surface area contributed by atoms with E-state index in [1.807, 2.05) is 54.5 Å². The highest BCUT2D eigenvalue weighted by Crippen LogP contribution is 2.52. The Hall–Kier alpha value is -1.62. The first kappa shape index (κ1) is 37.4. The van der Waals surface area contributed by atoms with Crippen LogP contribution >= 0.6 is 20.8 Å². The quantitative estimate of drug-likeness (QED) is 0.160. The molecule has 41 heavy (non-hydrogen) atoms. The molecule has 1 aromatic carbocycles. The van der Waals surface area contributed by atoms with E-state index in [1.54, 1.807) is 17.7 Å². The smallest absolute Gasteiger partial charge is 0.399 e. The first-order valence-electron chi connectivity index (χ1n) is 14.1. The van der Waals surface area contributed by atoms with E-state index < -0.39 is 15.4 Å². The van der Waals surface area contributed by atoms with E-state index in [-0.39, 0.29) is 41.0 Å². The van der Waals surface area contributed by atoms with Crippen molar-refractivity contribution in [1.29, 1.82) is 0 Å². The number of nitrogens with zero attached hydrogens (tertiary/aromatic N) is 1. The van der Waals surface area contributed by atoms with Gasteiger partial charge < -0.3 is 14.4 Å². The van der Waals surface area contributed by atoms with Crippen molar-refractivity contribution in [3.63, 3.8) is 0 Å². The van der Waals surface area contributed by atoms with Crippen molar-refractivity contribution in [3.8, 4) is 5.75 Å². The number of H-pyrrole nitrogens is 1. The number of aliphatic hydroxyl groups is 1. The Morgan fingerprint density at radius 3 is 2.22 bits per heavy atom. The minimum absolute atomic E-state index is 0.0832. The molecule has 0 amide bonds. The number of aryl methyl sites for hydroxylation is 1. The Bertz CT molecular complexity index is 1240. The minimum Gasteiger partial charge on any atom is -0.426 e. The Labute approximate surface area is 252 Å². The summed E-state index contributed by atoms with van der Waals surface area (Å²) in [5.74, 6) is 0.206. The van der Waals surface area contributed by atoms with Gasteiger partial charge in [-0.2, -0.15) is 0 Å². The van der Waals surface area contributed by atoms with Crippen LogP contribution in [0.4, 0.5) is 4.39 Å². The number of hydrogen-bond donors (Lipinski definition) is 2. The molecule has 1 fully saturated rings. The van der Waals surface area contributed by atoms with Crippen LogP contribution in [0.25, 0.3) is 0 Å². The third-order valence-corrected chi connectivity index (χ3v) is 7.36. The van der Waals surface area contributed by atoms with E-state index in [0.717, 1.165) is 18.4 Å². The molecule has 3 atom stereocenters. The standard InChI is InChI=1S/C16H24FO4P.C9H11BN2O2S.2C2H6/c1-15(2,3)11-7-12(16(4,5)6)14-10(13(11)17)8-19-22(21-14)20-9-18;1-5-4-12(9(15)11-8(5)13)7-3-2-6(10)14-7;2*1-2/h7,18H,8-9H2,1-6H3;4,6-7H,2-3H2,1H3,(H,11,13,15);2*1-2H3/t;6-,7?;;/m.0../s1. The van der Waals surface area contributed by atoms with Gasteiger partial charge in [0, 0.05) is 23.3 Å². The number of aliphatic hydroxyl groups excluding tert-OH is 1. The van der Waals surface area contributed by atoms with Crippen LogP contribution in [0.5, 0.6) is 5.75 Å². The van der Waals surface area contributed by atoms with E-state index in [2.05, 4.69) is 25.8 Å². The van der Waals surface area contributed by atoms with Crippen LogP contribution in [0.15, 0.2) is 17.1 Å². The van der Waals surface area contributed by atoms with E-state index in [1.165, 1.54) is 0 Å². The highest BCUT2D eigenvalue weighted by Gasteiger charge is 2.35. The van der Waals surface area contributed by atoms with Crippen molar-refractivity contribution in [2.24, 2.45) is 0 Å². The molecule has 2 unspecified atom stereocenters. The first-order chi connectivity index (χ1) is 19.1. The van der Waals surface area contributed by atoms with Crippen LogP contribution < -0.4 is 10.1 Å². The van der Waals surface area contributed by atoms with Gasteiger partial charge in [0.2, 0.25) is 0 Å². The van der Waals surface area contributed by atoms with Gasteiger partial charge in [-0.15, -0.1) is 0 Å². The molecule has 3 heterocycles. The number of halogens is 1. The number of ether oxygens (including phenoxy) is 1. The van der Waals surface area contributed by atoms with Gasteiger partial charge in [0.05, 0.1) is 12.2 Å². The van der Waals surface area contributed by atoms with E-state index in [9.17, 15) is 9.18 Å². The molecule has 0 bridgehead atoms. The van der Waals surface area contributed by atoms with Crippen molar-refractivity contribution in [2.75, 3.05) is 6.79 Å². The maximum absolute atomic E-state index is 14.9. The van der Waals surface area contributed by atoms with Crippen molar-refractivity contribution < 1.29 is 27.8 Å². The van der Waals surface area contributed by atoms with Crippen LogP contribution in [0.1, 0.15) is 111 Å². The third-order valence-electron chi connectivity index (χ3n) is 6.05. The monoisotopic (exact) mass is 612 g/mol. The molecule has 0 aliphatic carbocycles. The van der Waals surface area contributed by atoms with Gasteiger partial charge in [-0.25, -0.2) is 4.39 Å². The molecule has 1 saturated heterocycles. The molecular weight excluding hydrogens is 565 g/mol. The fraction of sp³-hybridized carbons (Fsp3) is 0.655. The van der Waals surface area contributed by atoms with E-state index in [0.29, 0.717) is 27.2 Å². The molecule has 12 heteroatoms. The molecule has 1 aromatic heterocycles. The number of aromatic nitrogens is 2. The van der Waals surface area contributed by atoms with Crippen molar-refractivity contribution in [1.82, 2.24) is 9.55 Å². The van der Waals surface area contributed by atoms with E-state index >= 15 is 0 Å². The lowest BCUT2D eigenvalue weighted by atomic mass is 9.78. The van der Waals surface area contributed by atoms with Gasteiger partial charge in [0.15, 0.2) is 11.6 Å². The zero-order chi connectivity index (χ0) is 31.7. The highest BCUT2D eigenvalue weighted by atomic mass is 32.1. The summed E-state index contributed by atoms with van der Waals surface area (Å²) in [5, 5.41) is 8.86. The van der Waals surface area contributed by atoms with E-state index in [4.69, 9.17) is 43.5 Å². The summed E-state index contributed by atoms with van der Waals surface area (Å²) in [7, 11) is 3.95. The number of fused-ring (bicyclic) bond motifs is 1. The molecule has 2 aliphatic heterocycles. The zero-order valence-electron chi connectivity index (χ0n) is 26.4. The Morgan fingerprint density at radius 2 is 1.73 bits per heavy atom. The summed E-state index contributed by atoms with van der Waals surface area (Å²) < 4.78 is 38.6. The minimum atomic E-state index is -1.69. The largest absolute Gasteiger partial charge is 0.426 e. The lowest BCUT2D eigenvalue weighted by Gasteiger charge is -2.33. The van der Waals surface area contributed by atoms with Gasteiger partial charge in [-0.3, -0.25) is 23.4 Å². The zero-order valence-corrected chi connectivity index (χ0v) is 28.1. The molecule has 2 radical (unpaired) electrons. The fourth-order valence-electron chi connectivity index (χ4n) is 4.01. The second-order valence-corrected chi connectivity index (χ2v) is 12.7. The average molecular weight is 613 g/mol. The molecule has 4 rings (SSSR count). The Morgan fingerprint density at radius 1 is 1.15 bits per heavy atom. The molecule has 2 aliphatic rings. The van der Waals surface area contributed by atoms with Crippen molar-refractivity contribution in [2.45, 2.75) is 119 Å². The number of hydrogen-bond acceptors (Lipinski definition) is 7. The molecule has 2 aromatic rings. The summed E-state index contributed by atoms with van der Waals surface area (Å²) >= 11 is 5.06. The summed E-state index contributed by atoms with van der Waals surface area (Å²) in [6.07, 6.45) is 3.19. The maximum atomic E-state index is 14.9. The van der Waals surface area contributed by atoms with Gasteiger partial charge in [-0.05, 0) is 54.4 Å². The lowest BCUT2D eigenvalue weighted by molar-refractivity contribution is 0.0352. The average Bonchev–Trinajstić information content (AvgIpc) is 3.33. The van der Waals surface area contributed by atoms with Gasteiger partial charge >= 0.3 is 8.60 Å². The number of rotatable bonds is 3. The summed E-state index contributed by atoms with van der Waals surface area (Å²) in [6.45, 7) is 21.4. The van der Waals surface area contributed by atoms with Crippen LogP contribution in [-0.2, 0) is 31.2 Å².